The van der Waals surface area contributed by atoms with Gasteiger partial charge in [0, 0.05) is 30.9 Å². The molecule has 96 valence electrons. The molecule has 0 amide bonds. The second-order valence-corrected chi connectivity index (χ2v) is 4.45. The van der Waals surface area contributed by atoms with Crippen LogP contribution in [-0.2, 0) is 20.2 Å². The van der Waals surface area contributed by atoms with Crippen molar-refractivity contribution in [2.24, 2.45) is 7.05 Å². The second kappa shape index (κ2) is 5.69. The summed E-state index contributed by atoms with van der Waals surface area (Å²) in [5.41, 5.74) is 3.50. The number of hydrogen-bond donors (Lipinski definition) is 1. The van der Waals surface area contributed by atoms with Gasteiger partial charge in [0.05, 0.1) is 6.20 Å². The third kappa shape index (κ3) is 3.11. The number of nitrogens with zero attached hydrogens (tertiary/aromatic N) is 2. The summed E-state index contributed by atoms with van der Waals surface area (Å²) in [4.78, 5) is 0. The SMILES string of the molecule is CNCc1cc(C)ccc1OCc1cnn(C)c1. The topological polar surface area (TPSA) is 39.1 Å². The van der Waals surface area contributed by atoms with E-state index < -0.39 is 0 Å². The molecule has 4 nitrogen and oxygen atoms in total. The fraction of sp³-hybridized carbons (Fsp3) is 0.357. The van der Waals surface area contributed by atoms with Crippen LogP contribution in [-0.4, -0.2) is 16.8 Å². The molecule has 2 aromatic rings. The van der Waals surface area contributed by atoms with Gasteiger partial charge in [-0.05, 0) is 20.0 Å². The first-order chi connectivity index (χ1) is 8.69. The molecule has 0 fully saturated rings. The standard InChI is InChI=1S/C14H19N3O/c1-11-4-5-14(13(6-11)8-15-2)18-10-12-7-16-17(3)9-12/h4-7,9,15H,8,10H2,1-3H3. The van der Waals surface area contributed by atoms with Gasteiger partial charge in [-0.25, -0.2) is 0 Å². The van der Waals surface area contributed by atoms with E-state index in [1.54, 1.807) is 4.68 Å². The minimum absolute atomic E-state index is 0.549. The summed E-state index contributed by atoms with van der Waals surface area (Å²) in [5.74, 6) is 0.929. The summed E-state index contributed by atoms with van der Waals surface area (Å²) < 4.78 is 7.63. The lowest BCUT2D eigenvalue weighted by atomic mass is 10.1. The van der Waals surface area contributed by atoms with Crippen LogP contribution in [0, 0.1) is 6.92 Å². The lowest BCUT2D eigenvalue weighted by Crippen LogP contribution is -2.07. The Balaban J connectivity index is 2.08. The fourth-order valence-corrected chi connectivity index (χ4v) is 1.89. The summed E-state index contributed by atoms with van der Waals surface area (Å²) in [7, 11) is 3.84. The summed E-state index contributed by atoms with van der Waals surface area (Å²) in [6.07, 6.45) is 3.79. The molecule has 0 aliphatic carbocycles. The minimum Gasteiger partial charge on any atom is -0.488 e. The van der Waals surface area contributed by atoms with Crippen molar-refractivity contribution < 1.29 is 4.74 Å². The molecule has 1 N–H and O–H groups in total. The minimum atomic E-state index is 0.549. The van der Waals surface area contributed by atoms with Gasteiger partial charge in [-0.3, -0.25) is 4.68 Å². The van der Waals surface area contributed by atoms with Gasteiger partial charge < -0.3 is 10.1 Å². The predicted octanol–water partition coefficient (Wildman–Crippen LogP) is 2.03. The van der Waals surface area contributed by atoms with Gasteiger partial charge in [-0.2, -0.15) is 5.10 Å². The van der Waals surface area contributed by atoms with Crippen LogP contribution in [0.15, 0.2) is 30.6 Å². The Morgan fingerprint density at radius 1 is 1.39 bits per heavy atom. The number of rotatable bonds is 5. The molecule has 0 radical (unpaired) electrons. The molecule has 1 aromatic carbocycles. The van der Waals surface area contributed by atoms with Crippen molar-refractivity contribution in [3.63, 3.8) is 0 Å². The molecule has 1 aromatic heterocycles. The number of benzene rings is 1. The molecule has 0 atom stereocenters. The van der Waals surface area contributed by atoms with E-state index >= 15 is 0 Å². The van der Waals surface area contributed by atoms with Crippen molar-refractivity contribution in [3.05, 3.63) is 47.3 Å². The highest BCUT2D eigenvalue weighted by atomic mass is 16.5. The predicted molar refractivity (Wildman–Crippen MR) is 71.5 cm³/mol. The summed E-state index contributed by atoms with van der Waals surface area (Å²) in [5, 5.41) is 7.28. The number of hydrogen-bond acceptors (Lipinski definition) is 3. The van der Waals surface area contributed by atoms with Crippen LogP contribution in [0.3, 0.4) is 0 Å². The molecule has 0 spiro atoms. The zero-order valence-electron chi connectivity index (χ0n) is 11.1. The molecule has 1 heterocycles. The molecule has 0 saturated carbocycles. The smallest absolute Gasteiger partial charge is 0.124 e. The van der Waals surface area contributed by atoms with Crippen LogP contribution in [0.4, 0.5) is 0 Å². The molecule has 4 heteroatoms. The van der Waals surface area contributed by atoms with Crippen molar-refractivity contribution in [1.29, 1.82) is 0 Å². The second-order valence-electron chi connectivity index (χ2n) is 4.45. The molecule has 0 aliphatic heterocycles. The third-order valence-electron chi connectivity index (χ3n) is 2.74. The van der Waals surface area contributed by atoms with E-state index in [9.17, 15) is 0 Å². The van der Waals surface area contributed by atoms with Crippen LogP contribution < -0.4 is 10.1 Å². The fourth-order valence-electron chi connectivity index (χ4n) is 1.89. The normalized spacial score (nSPS) is 10.6. The van der Waals surface area contributed by atoms with Crippen molar-refractivity contribution in [1.82, 2.24) is 15.1 Å². The number of aryl methyl sites for hydroxylation is 2. The lowest BCUT2D eigenvalue weighted by molar-refractivity contribution is 0.302. The molecule has 18 heavy (non-hydrogen) atoms. The van der Waals surface area contributed by atoms with Gasteiger partial charge in [-0.1, -0.05) is 17.7 Å². The zero-order chi connectivity index (χ0) is 13.0. The lowest BCUT2D eigenvalue weighted by Gasteiger charge is -2.11. The quantitative estimate of drug-likeness (QED) is 0.876. The maximum absolute atomic E-state index is 5.85. The van der Waals surface area contributed by atoms with E-state index in [1.165, 1.54) is 11.1 Å². The summed E-state index contributed by atoms with van der Waals surface area (Å²) in [6.45, 7) is 3.45. The first-order valence-electron chi connectivity index (χ1n) is 6.03. The summed E-state index contributed by atoms with van der Waals surface area (Å²) in [6, 6.07) is 6.24. The van der Waals surface area contributed by atoms with E-state index in [2.05, 4.69) is 29.5 Å². The van der Waals surface area contributed by atoms with E-state index in [4.69, 9.17) is 4.74 Å². The van der Waals surface area contributed by atoms with E-state index in [1.807, 2.05) is 32.6 Å². The first kappa shape index (κ1) is 12.6. The van der Waals surface area contributed by atoms with E-state index in [0.717, 1.165) is 17.9 Å². The molecule has 2 rings (SSSR count). The maximum atomic E-state index is 5.85. The van der Waals surface area contributed by atoms with Crippen LogP contribution in [0.1, 0.15) is 16.7 Å². The van der Waals surface area contributed by atoms with E-state index in [-0.39, 0.29) is 0 Å². The third-order valence-corrected chi connectivity index (χ3v) is 2.74. The van der Waals surface area contributed by atoms with Gasteiger partial charge in [-0.15, -0.1) is 0 Å². The largest absolute Gasteiger partial charge is 0.488 e. The van der Waals surface area contributed by atoms with Crippen molar-refractivity contribution in [2.45, 2.75) is 20.1 Å². The number of aromatic nitrogens is 2. The van der Waals surface area contributed by atoms with Crippen LogP contribution in [0.2, 0.25) is 0 Å². The van der Waals surface area contributed by atoms with Crippen molar-refractivity contribution >= 4 is 0 Å². The number of nitrogens with one attached hydrogen (secondary N) is 1. The van der Waals surface area contributed by atoms with Gasteiger partial charge in [0.15, 0.2) is 0 Å². The Morgan fingerprint density at radius 3 is 2.89 bits per heavy atom. The molecule has 0 saturated heterocycles. The molecular formula is C14H19N3O. The van der Waals surface area contributed by atoms with Crippen LogP contribution >= 0.6 is 0 Å². The van der Waals surface area contributed by atoms with Crippen LogP contribution in [0.5, 0.6) is 5.75 Å². The van der Waals surface area contributed by atoms with Gasteiger partial charge >= 0.3 is 0 Å². The Labute approximate surface area is 108 Å². The van der Waals surface area contributed by atoms with Gasteiger partial charge in [0.2, 0.25) is 0 Å². The highest BCUT2D eigenvalue weighted by molar-refractivity contribution is 5.37. The van der Waals surface area contributed by atoms with Crippen LogP contribution in [0.25, 0.3) is 0 Å². The average Bonchev–Trinajstić information content (AvgIpc) is 2.75. The highest BCUT2D eigenvalue weighted by Gasteiger charge is 2.04. The molecular weight excluding hydrogens is 226 g/mol. The van der Waals surface area contributed by atoms with Gasteiger partial charge in [0.25, 0.3) is 0 Å². The average molecular weight is 245 g/mol. The maximum Gasteiger partial charge on any atom is 0.124 e. The Bertz CT molecular complexity index is 520. The highest BCUT2D eigenvalue weighted by Crippen LogP contribution is 2.21. The first-order valence-corrected chi connectivity index (χ1v) is 6.03. The molecule has 0 aliphatic rings. The molecule has 0 bridgehead atoms. The Morgan fingerprint density at radius 2 is 2.22 bits per heavy atom. The van der Waals surface area contributed by atoms with Gasteiger partial charge in [0.1, 0.15) is 12.4 Å². The van der Waals surface area contributed by atoms with Crippen molar-refractivity contribution in [3.8, 4) is 5.75 Å². The Kier molecular flexibility index (Phi) is 3.99. The molecule has 0 unspecified atom stereocenters. The Hall–Kier alpha value is -1.81. The summed E-state index contributed by atoms with van der Waals surface area (Å²) >= 11 is 0. The monoisotopic (exact) mass is 245 g/mol. The number of ether oxygens (including phenoxy) is 1. The van der Waals surface area contributed by atoms with Crippen molar-refractivity contribution in [2.75, 3.05) is 7.05 Å². The van der Waals surface area contributed by atoms with E-state index in [0.29, 0.717) is 6.61 Å². The zero-order valence-corrected chi connectivity index (χ0v) is 11.1.